The van der Waals surface area contributed by atoms with Crippen molar-refractivity contribution in [3.05, 3.63) is 28.8 Å². The van der Waals surface area contributed by atoms with Gasteiger partial charge in [-0.05, 0) is 32.0 Å². The molecular formula is C11H13ClN2O2. The zero-order chi connectivity index (χ0) is 12.1. The molecule has 0 saturated heterocycles. The van der Waals surface area contributed by atoms with Gasteiger partial charge < -0.3 is 10.6 Å². The van der Waals surface area contributed by atoms with Crippen molar-refractivity contribution in [1.82, 2.24) is 5.32 Å². The Labute approximate surface area is 99.0 Å². The van der Waals surface area contributed by atoms with Crippen LogP contribution in [0.25, 0.3) is 0 Å². The van der Waals surface area contributed by atoms with Crippen LogP contribution in [0.5, 0.6) is 0 Å². The number of nitrogens with one attached hydrogen (secondary N) is 2. The van der Waals surface area contributed by atoms with E-state index in [2.05, 4.69) is 10.6 Å². The molecule has 2 N–H and O–H groups in total. The van der Waals surface area contributed by atoms with E-state index in [9.17, 15) is 9.59 Å². The summed E-state index contributed by atoms with van der Waals surface area (Å²) in [6, 6.07) is 4.78. The minimum Gasteiger partial charge on any atom is -0.350 e. The number of carbonyl (C=O) groups is 2. The molecule has 1 rings (SSSR count). The Morgan fingerprint density at radius 3 is 2.62 bits per heavy atom. The van der Waals surface area contributed by atoms with E-state index in [4.69, 9.17) is 11.6 Å². The summed E-state index contributed by atoms with van der Waals surface area (Å²) in [4.78, 5) is 21.9. The van der Waals surface area contributed by atoms with E-state index in [1.165, 1.54) is 6.07 Å². The van der Waals surface area contributed by atoms with Gasteiger partial charge in [-0.3, -0.25) is 9.59 Å². The molecule has 0 heterocycles. The Balaban J connectivity index is 2.90. The fraction of sp³-hybridized carbons (Fsp3) is 0.273. The van der Waals surface area contributed by atoms with E-state index in [-0.39, 0.29) is 11.9 Å². The number of hydrogen-bond acceptors (Lipinski definition) is 2. The summed E-state index contributed by atoms with van der Waals surface area (Å²) < 4.78 is 0. The minimum atomic E-state index is -0.224. The molecule has 0 atom stereocenters. The maximum absolute atomic E-state index is 11.7. The van der Waals surface area contributed by atoms with Crippen LogP contribution in [-0.4, -0.2) is 18.4 Å². The zero-order valence-electron chi connectivity index (χ0n) is 9.08. The molecule has 0 aliphatic rings. The SMILES string of the molecule is CC(C)NC(=O)c1ccc(NC=O)cc1Cl. The van der Waals surface area contributed by atoms with E-state index in [0.29, 0.717) is 22.7 Å². The quantitative estimate of drug-likeness (QED) is 0.792. The first-order valence-electron chi connectivity index (χ1n) is 4.85. The summed E-state index contributed by atoms with van der Waals surface area (Å²) in [5.74, 6) is -0.224. The summed E-state index contributed by atoms with van der Waals surface area (Å²) >= 11 is 5.93. The van der Waals surface area contributed by atoms with Crippen LogP contribution in [0, 0.1) is 0 Å². The van der Waals surface area contributed by atoms with Crippen molar-refractivity contribution in [2.75, 3.05) is 5.32 Å². The van der Waals surface area contributed by atoms with Crippen LogP contribution < -0.4 is 10.6 Å². The molecule has 0 aliphatic carbocycles. The summed E-state index contributed by atoms with van der Waals surface area (Å²) in [6.07, 6.45) is 0.555. The number of anilines is 1. The first kappa shape index (κ1) is 12.5. The molecule has 86 valence electrons. The van der Waals surface area contributed by atoms with Gasteiger partial charge in [-0.15, -0.1) is 0 Å². The topological polar surface area (TPSA) is 58.2 Å². The van der Waals surface area contributed by atoms with Crippen molar-refractivity contribution in [3.63, 3.8) is 0 Å². The minimum absolute atomic E-state index is 0.0522. The molecular weight excluding hydrogens is 228 g/mol. The van der Waals surface area contributed by atoms with E-state index in [1.54, 1.807) is 12.1 Å². The second kappa shape index (κ2) is 5.51. The van der Waals surface area contributed by atoms with Crippen LogP contribution in [0.3, 0.4) is 0 Å². The number of benzene rings is 1. The Morgan fingerprint density at radius 1 is 1.44 bits per heavy atom. The number of hydrogen-bond donors (Lipinski definition) is 2. The van der Waals surface area contributed by atoms with E-state index >= 15 is 0 Å². The highest BCUT2D eigenvalue weighted by Crippen LogP contribution is 2.20. The average molecular weight is 241 g/mol. The maximum Gasteiger partial charge on any atom is 0.252 e. The fourth-order valence-corrected chi connectivity index (χ4v) is 1.46. The van der Waals surface area contributed by atoms with Gasteiger partial charge >= 0.3 is 0 Å². The highest BCUT2D eigenvalue weighted by atomic mass is 35.5. The van der Waals surface area contributed by atoms with Gasteiger partial charge in [-0.2, -0.15) is 0 Å². The van der Waals surface area contributed by atoms with Gasteiger partial charge in [0.15, 0.2) is 0 Å². The van der Waals surface area contributed by atoms with E-state index in [0.717, 1.165) is 0 Å². The third kappa shape index (κ3) is 3.24. The number of rotatable bonds is 4. The number of amides is 2. The Hall–Kier alpha value is -1.55. The third-order valence-corrected chi connectivity index (χ3v) is 2.17. The third-order valence-electron chi connectivity index (χ3n) is 1.86. The molecule has 0 spiro atoms. The summed E-state index contributed by atoms with van der Waals surface area (Å²) in [5, 5.41) is 5.51. The second-order valence-electron chi connectivity index (χ2n) is 3.58. The van der Waals surface area contributed by atoms with Gasteiger partial charge in [0.2, 0.25) is 6.41 Å². The van der Waals surface area contributed by atoms with Crippen molar-refractivity contribution in [3.8, 4) is 0 Å². The van der Waals surface area contributed by atoms with Crippen LogP contribution in [0.15, 0.2) is 18.2 Å². The van der Waals surface area contributed by atoms with Crippen LogP contribution in [0.1, 0.15) is 24.2 Å². The molecule has 0 unspecified atom stereocenters. The Morgan fingerprint density at radius 2 is 2.12 bits per heavy atom. The molecule has 0 fully saturated rings. The summed E-state index contributed by atoms with van der Waals surface area (Å²) in [5.41, 5.74) is 0.952. The molecule has 2 amide bonds. The monoisotopic (exact) mass is 240 g/mol. The fourth-order valence-electron chi connectivity index (χ4n) is 1.20. The maximum atomic E-state index is 11.7. The lowest BCUT2D eigenvalue weighted by molar-refractivity contribution is -0.105. The highest BCUT2D eigenvalue weighted by Gasteiger charge is 2.11. The second-order valence-corrected chi connectivity index (χ2v) is 3.99. The average Bonchev–Trinajstić information content (AvgIpc) is 2.16. The standard InChI is InChI=1S/C11H13ClN2O2/c1-7(2)14-11(16)9-4-3-8(13-6-15)5-10(9)12/h3-7H,1-2H3,(H,13,15)(H,14,16). The number of halogens is 1. The Bertz CT molecular complexity index is 405. The van der Waals surface area contributed by atoms with Gasteiger partial charge in [0.25, 0.3) is 5.91 Å². The molecule has 4 nitrogen and oxygen atoms in total. The smallest absolute Gasteiger partial charge is 0.252 e. The van der Waals surface area contributed by atoms with Crippen molar-refractivity contribution in [2.45, 2.75) is 19.9 Å². The van der Waals surface area contributed by atoms with Gasteiger partial charge in [-0.1, -0.05) is 11.6 Å². The predicted molar refractivity (Wildman–Crippen MR) is 63.7 cm³/mol. The van der Waals surface area contributed by atoms with Gasteiger partial charge in [0.05, 0.1) is 10.6 Å². The van der Waals surface area contributed by atoms with Crippen molar-refractivity contribution in [2.24, 2.45) is 0 Å². The molecule has 0 saturated carbocycles. The Kier molecular flexibility index (Phi) is 4.31. The summed E-state index contributed by atoms with van der Waals surface area (Å²) in [6.45, 7) is 3.74. The molecule has 0 radical (unpaired) electrons. The first-order valence-corrected chi connectivity index (χ1v) is 5.23. The number of carbonyl (C=O) groups excluding carboxylic acids is 2. The van der Waals surface area contributed by atoms with Crippen molar-refractivity contribution < 1.29 is 9.59 Å². The van der Waals surface area contributed by atoms with Gasteiger partial charge in [0, 0.05) is 11.7 Å². The lowest BCUT2D eigenvalue weighted by atomic mass is 10.2. The van der Waals surface area contributed by atoms with E-state index < -0.39 is 0 Å². The van der Waals surface area contributed by atoms with Gasteiger partial charge in [-0.25, -0.2) is 0 Å². The molecule has 0 aliphatic heterocycles. The normalized spacial score (nSPS) is 10.0. The van der Waals surface area contributed by atoms with E-state index in [1.807, 2.05) is 13.8 Å². The highest BCUT2D eigenvalue weighted by molar-refractivity contribution is 6.34. The zero-order valence-corrected chi connectivity index (χ0v) is 9.84. The van der Waals surface area contributed by atoms with Crippen LogP contribution in [-0.2, 0) is 4.79 Å². The molecule has 5 heteroatoms. The molecule has 0 aromatic heterocycles. The van der Waals surface area contributed by atoms with Crippen LogP contribution in [0.2, 0.25) is 5.02 Å². The molecule has 16 heavy (non-hydrogen) atoms. The van der Waals surface area contributed by atoms with Crippen molar-refractivity contribution >= 4 is 29.6 Å². The van der Waals surface area contributed by atoms with Crippen LogP contribution >= 0.6 is 11.6 Å². The molecule has 0 bridgehead atoms. The lowest BCUT2D eigenvalue weighted by Gasteiger charge is -2.10. The predicted octanol–water partition coefficient (Wildman–Crippen LogP) is 2.05. The largest absolute Gasteiger partial charge is 0.350 e. The summed E-state index contributed by atoms with van der Waals surface area (Å²) in [7, 11) is 0. The lowest BCUT2D eigenvalue weighted by Crippen LogP contribution is -2.30. The van der Waals surface area contributed by atoms with Gasteiger partial charge in [0.1, 0.15) is 0 Å². The first-order chi connectivity index (χ1) is 7.54. The van der Waals surface area contributed by atoms with Crippen molar-refractivity contribution in [1.29, 1.82) is 0 Å². The molecule has 1 aromatic rings. The van der Waals surface area contributed by atoms with Crippen LogP contribution in [0.4, 0.5) is 5.69 Å². The molecule has 1 aromatic carbocycles.